The number of rotatable bonds is 2. The summed E-state index contributed by atoms with van der Waals surface area (Å²) in [5.74, 6) is 1.07. The van der Waals surface area contributed by atoms with Crippen molar-refractivity contribution in [2.24, 2.45) is 0 Å². The van der Waals surface area contributed by atoms with Gasteiger partial charge < -0.3 is 4.74 Å². The predicted molar refractivity (Wildman–Crippen MR) is 76.1 cm³/mol. The molecule has 18 heavy (non-hydrogen) atoms. The van der Waals surface area contributed by atoms with E-state index in [0.717, 1.165) is 25.3 Å². The number of fused-ring (bicyclic) bond motifs is 1. The molecular weight excluding hydrogens is 222 g/mol. The SMILES string of the molecule is CC(C)N1CCc2c(cccc2OC(C)(C)C)C1. The Kier molecular flexibility index (Phi) is 3.67. The highest BCUT2D eigenvalue weighted by Crippen LogP contribution is 2.30. The highest BCUT2D eigenvalue weighted by atomic mass is 16.5. The largest absolute Gasteiger partial charge is 0.488 e. The lowest BCUT2D eigenvalue weighted by atomic mass is 9.97. The van der Waals surface area contributed by atoms with E-state index in [2.05, 4.69) is 57.7 Å². The molecule has 0 saturated heterocycles. The zero-order valence-corrected chi connectivity index (χ0v) is 12.3. The Labute approximate surface area is 111 Å². The fourth-order valence-corrected chi connectivity index (χ4v) is 2.46. The minimum absolute atomic E-state index is 0.121. The van der Waals surface area contributed by atoms with E-state index in [9.17, 15) is 0 Å². The number of benzene rings is 1. The zero-order chi connectivity index (χ0) is 13.3. The van der Waals surface area contributed by atoms with Gasteiger partial charge in [-0.1, -0.05) is 12.1 Å². The van der Waals surface area contributed by atoms with Gasteiger partial charge in [-0.2, -0.15) is 0 Å². The van der Waals surface area contributed by atoms with Crippen molar-refractivity contribution in [1.82, 2.24) is 4.90 Å². The third-order valence-corrected chi connectivity index (χ3v) is 3.40. The second-order valence-corrected chi connectivity index (χ2v) is 6.42. The average molecular weight is 247 g/mol. The van der Waals surface area contributed by atoms with Crippen LogP contribution in [0.1, 0.15) is 45.7 Å². The molecule has 1 aliphatic rings. The number of hydrogen-bond donors (Lipinski definition) is 0. The van der Waals surface area contributed by atoms with Crippen LogP contribution in [0.15, 0.2) is 18.2 Å². The normalized spacial score (nSPS) is 16.8. The van der Waals surface area contributed by atoms with E-state index in [-0.39, 0.29) is 5.60 Å². The van der Waals surface area contributed by atoms with Gasteiger partial charge in [0.05, 0.1) is 0 Å². The molecule has 2 nitrogen and oxygen atoms in total. The van der Waals surface area contributed by atoms with Crippen molar-refractivity contribution in [3.8, 4) is 5.75 Å². The maximum atomic E-state index is 6.08. The molecular formula is C16H25NO. The van der Waals surface area contributed by atoms with E-state index in [0.29, 0.717) is 6.04 Å². The summed E-state index contributed by atoms with van der Waals surface area (Å²) in [7, 11) is 0. The highest BCUT2D eigenvalue weighted by molar-refractivity contribution is 5.42. The molecule has 0 aliphatic carbocycles. The molecule has 1 heterocycles. The van der Waals surface area contributed by atoms with Gasteiger partial charge in [0.2, 0.25) is 0 Å². The van der Waals surface area contributed by atoms with Crippen LogP contribution < -0.4 is 4.74 Å². The Morgan fingerprint density at radius 2 is 1.94 bits per heavy atom. The van der Waals surface area contributed by atoms with Gasteiger partial charge in [-0.15, -0.1) is 0 Å². The molecule has 0 radical (unpaired) electrons. The Morgan fingerprint density at radius 3 is 2.56 bits per heavy atom. The molecule has 1 aliphatic heterocycles. The zero-order valence-electron chi connectivity index (χ0n) is 12.3. The fourth-order valence-electron chi connectivity index (χ4n) is 2.46. The molecule has 0 bridgehead atoms. The monoisotopic (exact) mass is 247 g/mol. The average Bonchev–Trinajstić information content (AvgIpc) is 2.26. The molecule has 1 aromatic rings. The minimum atomic E-state index is -0.121. The van der Waals surface area contributed by atoms with Crippen molar-refractivity contribution in [3.05, 3.63) is 29.3 Å². The van der Waals surface area contributed by atoms with Crippen LogP contribution in [0.4, 0.5) is 0 Å². The first kappa shape index (κ1) is 13.4. The number of nitrogens with zero attached hydrogens (tertiary/aromatic N) is 1. The second-order valence-electron chi connectivity index (χ2n) is 6.42. The summed E-state index contributed by atoms with van der Waals surface area (Å²) in [5.41, 5.74) is 2.71. The lowest BCUT2D eigenvalue weighted by Gasteiger charge is -2.33. The van der Waals surface area contributed by atoms with E-state index < -0.39 is 0 Å². The summed E-state index contributed by atoms with van der Waals surface area (Å²) in [5, 5.41) is 0. The summed E-state index contributed by atoms with van der Waals surface area (Å²) >= 11 is 0. The lowest BCUT2D eigenvalue weighted by molar-refractivity contribution is 0.126. The summed E-state index contributed by atoms with van der Waals surface area (Å²) in [4.78, 5) is 2.52. The van der Waals surface area contributed by atoms with Crippen molar-refractivity contribution < 1.29 is 4.74 Å². The molecule has 0 N–H and O–H groups in total. The Bertz CT molecular complexity index is 418. The standard InChI is InChI=1S/C16H25NO/c1-12(2)17-10-9-14-13(11-17)7-6-8-15(14)18-16(3,4)5/h6-8,12H,9-11H2,1-5H3. The van der Waals surface area contributed by atoms with Gasteiger partial charge in [0, 0.05) is 19.1 Å². The summed E-state index contributed by atoms with van der Waals surface area (Å²) in [6.45, 7) is 13.0. The molecule has 0 atom stereocenters. The van der Waals surface area contributed by atoms with Gasteiger partial charge in [-0.3, -0.25) is 4.90 Å². The third-order valence-electron chi connectivity index (χ3n) is 3.40. The molecule has 0 aromatic heterocycles. The van der Waals surface area contributed by atoms with Gasteiger partial charge in [0.15, 0.2) is 0 Å². The van der Waals surface area contributed by atoms with Crippen LogP contribution >= 0.6 is 0 Å². The molecule has 100 valence electrons. The van der Waals surface area contributed by atoms with Crippen molar-refractivity contribution in [2.75, 3.05) is 6.54 Å². The minimum Gasteiger partial charge on any atom is -0.488 e. The molecule has 2 heteroatoms. The van der Waals surface area contributed by atoms with Crippen LogP contribution in [0, 0.1) is 0 Å². The van der Waals surface area contributed by atoms with Gasteiger partial charge in [-0.05, 0) is 58.2 Å². The van der Waals surface area contributed by atoms with E-state index in [1.165, 1.54) is 11.1 Å². The molecule has 0 fully saturated rings. The van der Waals surface area contributed by atoms with Crippen LogP contribution in [0.3, 0.4) is 0 Å². The summed E-state index contributed by atoms with van der Waals surface area (Å²) in [6, 6.07) is 7.07. The quantitative estimate of drug-likeness (QED) is 0.791. The van der Waals surface area contributed by atoms with Crippen LogP contribution in [0.2, 0.25) is 0 Å². The van der Waals surface area contributed by atoms with Crippen LogP contribution in [-0.4, -0.2) is 23.1 Å². The highest BCUT2D eigenvalue weighted by Gasteiger charge is 2.22. The first-order valence-electron chi connectivity index (χ1n) is 6.90. The number of ether oxygens (including phenoxy) is 1. The Balaban J connectivity index is 2.25. The van der Waals surface area contributed by atoms with Gasteiger partial charge in [0.25, 0.3) is 0 Å². The summed E-state index contributed by atoms with van der Waals surface area (Å²) in [6.07, 6.45) is 1.10. The first-order valence-corrected chi connectivity index (χ1v) is 6.90. The fraction of sp³-hybridized carbons (Fsp3) is 0.625. The van der Waals surface area contributed by atoms with Crippen molar-refractivity contribution in [3.63, 3.8) is 0 Å². The second kappa shape index (κ2) is 4.93. The van der Waals surface area contributed by atoms with Gasteiger partial charge >= 0.3 is 0 Å². The van der Waals surface area contributed by atoms with Crippen molar-refractivity contribution in [2.45, 2.75) is 59.2 Å². The molecule has 0 spiro atoms. The van der Waals surface area contributed by atoms with E-state index in [4.69, 9.17) is 4.74 Å². The number of hydrogen-bond acceptors (Lipinski definition) is 2. The van der Waals surface area contributed by atoms with E-state index in [1.54, 1.807) is 0 Å². The van der Waals surface area contributed by atoms with Gasteiger partial charge in [0.1, 0.15) is 11.4 Å². The molecule has 0 saturated carbocycles. The third kappa shape index (κ3) is 3.05. The van der Waals surface area contributed by atoms with E-state index in [1.807, 2.05) is 0 Å². The smallest absolute Gasteiger partial charge is 0.123 e. The predicted octanol–water partition coefficient (Wildman–Crippen LogP) is 3.63. The molecule has 0 unspecified atom stereocenters. The Hall–Kier alpha value is -1.02. The topological polar surface area (TPSA) is 12.5 Å². The van der Waals surface area contributed by atoms with Gasteiger partial charge in [-0.25, -0.2) is 0 Å². The first-order chi connectivity index (χ1) is 8.37. The van der Waals surface area contributed by atoms with Crippen LogP contribution in [0.25, 0.3) is 0 Å². The molecule has 1 aromatic carbocycles. The molecule has 0 amide bonds. The van der Waals surface area contributed by atoms with Crippen LogP contribution in [0.5, 0.6) is 5.75 Å². The van der Waals surface area contributed by atoms with Crippen molar-refractivity contribution >= 4 is 0 Å². The summed E-state index contributed by atoms with van der Waals surface area (Å²) < 4.78 is 6.08. The maximum Gasteiger partial charge on any atom is 0.123 e. The maximum absolute atomic E-state index is 6.08. The van der Waals surface area contributed by atoms with E-state index >= 15 is 0 Å². The van der Waals surface area contributed by atoms with Crippen molar-refractivity contribution in [1.29, 1.82) is 0 Å². The lowest BCUT2D eigenvalue weighted by Crippen LogP contribution is -2.36. The molecule has 2 rings (SSSR count). The Morgan fingerprint density at radius 1 is 1.22 bits per heavy atom. The van der Waals surface area contributed by atoms with Crippen LogP contribution in [-0.2, 0) is 13.0 Å².